The lowest BCUT2D eigenvalue weighted by Gasteiger charge is -2.25. The van der Waals surface area contributed by atoms with Crippen LogP contribution in [0.2, 0.25) is 5.02 Å². The first kappa shape index (κ1) is 16.4. The number of rotatable bonds is 8. The van der Waals surface area contributed by atoms with Gasteiger partial charge in [0.15, 0.2) is 0 Å². The molecule has 0 amide bonds. The predicted molar refractivity (Wildman–Crippen MR) is 78.3 cm³/mol. The van der Waals surface area contributed by atoms with Crippen LogP contribution in [-0.4, -0.2) is 25.3 Å². The molecule has 4 heteroatoms. The summed E-state index contributed by atoms with van der Waals surface area (Å²) in [4.78, 5) is 0. The Balaban J connectivity index is 2.78. The fourth-order valence-electron chi connectivity index (χ4n) is 2.06. The van der Waals surface area contributed by atoms with Gasteiger partial charge in [-0.2, -0.15) is 0 Å². The highest BCUT2D eigenvalue weighted by atomic mass is 35.5. The van der Waals surface area contributed by atoms with Gasteiger partial charge >= 0.3 is 0 Å². The van der Waals surface area contributed by atoms with Crippen molar-refractivity contribution in [1.82, 2.24) is 5.32 Å². The Morgan fingerprint density at radius 1 is 1.37 bits per heavy atom. The van der Waals surface area contributed by atoms with Crippen LogP contribution in [-0.2, 0) is 11.2 Å². The molecular formula is C15H23ClFNO. The molecule has 2 unspecified atom stereocenters. The van der Waals surface area contributed by atoms with Gasteiger partial charge in [-0.25, -0.2) is 4.39 Å². The highest BCUT2D eigenvalue weighted by Crippen LogP contribution is 2.20. The predicted octanol–water partition coefficient (Wildman–Crippen LogP) is 3.81. The summed E-state index contributed by atoms with van der Waals surface area (Å²) in [7, 11) is 0. The molecule has 0 fully saturated rings. The lowest BCUT2D eigenvalue weighted by Crippen LogP contribution is -2.42. The Kier molecular flexibility index (Phi) is 7.36. The van der Waals surface area contributed by atoms with Gasteiger partial charge in [-0.3, -0.25) is 0 Å². The van der Waals surface area contributed by atoms with Crippen LogP contribution in [0.25, 0.3) is 0 Å². The molecule has 1 aromatic carbocycles. The standard InChI is InChI=1S/C15H23ClFNO/c1-4-9-18-14(11(3)19-5-2)10-12-7-6-8-13(16)15(12)17/h6-8,11,14,18H,4-5,9-10H2,1-3H3. The van der Waals surface area contributed by atoms with Crippen molar-refractivity contribution in [3.63, 3.8) is 0 Å². The molecule has 0 radical (unpaired) electrons. The molecule has 2 atom stereocenters. The molecule has 0 aliphatic carbocycles. The quantitative estimate of drug-likeness (QED) is 0.785. The molecule has 0 saturated heterocycles. The first-order valence-electron chi connectivity index (χ1n) is 6.88. The van der Waals surface area contributed by atoms with Gasteiger partial charge in [-0.15, -0.1) is 0 Å². The van der Waals surface area contributed by atoms with E-state index in [9.17, 15) is 4.39 Å². The van der Waals surface area contributed by atoms with Crippen molar-refractivity contribution in [1.29, 1.82) is 0 Å². The van der Waals surface area contributed by atoms with E-state index in [-0.39, 0.29) is 23.0 Å². The molecule has 19 heavy (non-hydrogen) atoms. The van der Waals surface area contributed by atoms with Crippen LogP contribution >= 0.6 is 11.6 Å². The van der Waals surface area contributed by atoms with Gasteiger partial charge in [-0.05, 0) is 44.9 Å². The summed E-state index contributed by atoms with van der Waals surface area (Å²) in [5, 5.41) is 3.59. The molecule has 0 aliphatic rings. The van der Waals surface area contributed by atoms with E-state index in [0.29, 0.717) is 18.6 Å². The van der Waals surface area contributed by atoms with E-state index in [1.54, 1.807) is 18.2 Å². The summed E-state index contributed by atoms with van der Waals surface area (Å²) in [6.45, 7) is 7.63. The highest BCUT2D eigenvalue weighted by molar-refractivity contribution is 6.30. The van der Waals surface area contributed by atoms with E-state index in [2.05, 4.69) is 12.2 Å². The van der Waals surface area contributed by atoms with E-state index < -0.39 is 0 Å². The largest absolute Gasteiger partial charge is 0.377 e. The molecule has 1 aromatic rings. The third-order valence-corrected chi connectivity index (χ3v) is 3.42. The Hall–Kier alpha value is -0.640. The molecule has 1 N–H and O–H groups in total. The average molecular weight is 288 g/mol. The van der Waals surface area contributed by atoms with Crippen molar-refractivity contribution in [3.8, 4) is 0 Å². The van der Waals surface area contributed by atoms with Crippen molar-refractivity contribution in [2.75, 3.05) is 13.2 Å². The lowest BCUT2D eigenvalue weighted by atomic mass is 10.0. The van der Waals surface area contributed by atoms with Gasteiger partial charge in [0.2, 0.25) is 0 Å². The van der Waals surface area contributed by atoms with Gasteiger partial charge in [0, 0.05) is 12.6 Å². The van der Waals surface area contributed by atoms with E-state index in [4.69, 9.17) is 16.3 Å². The van der Waals surface area contributed by atoms with E-state index >= 15 is 0 Å². The Bertz CT molecular complexity index is 386. The fourth-order valence-corrected chi connectivity index (χ4v) is 2.25. The second-order valence-corrected chi connectivity index (χ2v) is 5.05. The first-order chi connectivity index (χ1) is 9.10. The Labute approximate surface area is 120 Å². The maximum Gasteiger partial charge on any atom is 0.145 e. The third kappa shape index (κ3) is 5.09. The first-order valence-corrected chi connectivity index (χ1v) is 7.25. The van der Waals surface area contributed by atoms with Gasteiger partial charge in [0.1, 0.15) is 5.82 Å². The van der Waals surface area contributed by atoms with E-state index in [1.165, 1.54) is 0 Å². The van der Waals surface area contributed by atoms with Gasteiger partial charge in [0.05, 0.1) is 11.1 Å². The van der Waals surface area contributed by atoms with Crippen molar-refractivity contribution in [2.45, 2.75) is 45.8 Å². The zero-order chi connectivity index (χ0) is 14.3. The van der Waals surface area contributed by atoms with E-state index in [1.807, 2.05) is 13.8 Å². The second kappa shape index (κ2) is 8.51. The van der Waals surface area contributed by atoms with Crippen LogP contribution in [0.1, 0.15) is 32.8 Å². The Morgan fingerprint density at radius 3 is 2.74 bits per heavy atom. The summed E-state index contributed by atoms with van der Waals surface area (Å²) < 4.78 is 19.6. The summed E-state index contributed by atoms with van der Waals surface area (Å²) >= 11 is 5.82. The number of benzene rings is 1. The summed E-state index contributed by atoms with van der Waals surface area (Å²) in [5.74, 6) is -0.323. The smallest absolute Gasteiger partial charge is 0.145 e. The van der Waals surface area contributed by atoms with Crippen LogP contribution in [0.5, 0.6) is 0 Å². The minimum Gasteiger partial charge on any atom is -0.377 e. The highest BCUT2D eigenvalue weighted by Gasteiger charge is 2.19. The third-order valence-electron chi connectivity index (χ3n) is 3.12. The average Bonchev–Trinajstić information content (AvgIpc) is 2.39. The van der Waals surface area contributed by atoms with Gasteiger partial charge in [0.25, 0.3) is 0 Å². The van der Waals surface area contributed by atoms with Crippen LogP contribution < -0.4 is 5.32 Å². The molecule has 2 nitrogen and oxygen atoms in total. The van der Waals surface area contributed by atoms with Crippen molar-refractivity contribution in [2.24, 2.45) is 0 Å². The molecular weight excluding hydrogens is 265 g/mol. The number of hydrogen-bond donors (Lipinski definition) is 1. The van der Waals surface area contributed by atoms with Crippen LogP contribution in [0.3, 0.4) is 0 Å². The molecule has 0 aromatic heterocycles. The monoisotopic (exact) mass is 287 g/mol. The normalized spacial score (nSPS) is 14.4. The van der Waals surface area contributed by atoms with E-state index in [0.717, 1.165) is 13.0 Å². The number of nitrogens with one attached hydrogen (secondary N) is 1. The molecule has 0 bridgehead atoms. The van der Waals surface area contributed by atoms with Crippen molar-refractivity contribution in [3.05, 3.63) is 34.6 Å². The van der Waals surface area contributed by atoms with Crippen LogP contribution in [0.4, 0.5) is 4.39 Å². The minimum atomic E-state index is -0.323. The van der Waals surface area contributed by atoms with Crippen LogP contribution in [0.15, 0.2) is 18.2 Å². The number of ether oxygens (including phenoxy) is 1. The topological polar surface area (TPSA) is 21.3 Å². The summed E-state index contributed by atoms with van der Waals surface area (Å²) in [6, 6.07) is 5.22. The van der Waals surface area contributed by atoms with Crippen molar-refractivity contribution < 1.29 is 9.13 Å². The fraction of sp³-hybridized carbons (Fsp3) is 0.600. The summed E-state index contributed by atoms with van der Waals surface area (Å²) in [5.41, 5.74) is 0.632. The molecule has 108 valence electrons. The summed E-state index contributed by atoms with van der Waals surface area (Å²) in [6.07, 6.45) is 1.65. The zero-order valence-electron chi connectivity index (χ0n) is 11.9. The van der Waals surface area contributed by atoms with Gasteiger partial charge in [-0.1, -0.05) is 30.7 Å². The lowest BCUT2D eigenvalue weighted by molar-refractivity contribution is 0.0474. The van der Waals surface area contributed by atoms with Crippen molar-refractivity contribution >= 4 is 11.6 Å². The molecule has 0 saturated carbocycles. The zero-order valence-corrected chi connectivity index (χ0v) is 12.6. The molecule has 1 rings (SSSR count). The number of hydrogen-bond acceptors (Lipinski definition) is 2. The molecule has 0 aliphatic heterocycles. The number of halogens is 2. The second-order valence-electron chi connectivity index (χ2n) is 4.64. The SMILES string of the molecule is CCCNC(Cc1cccc(Cl)c1F)C(C)OCC. The van der Waals surface area contributed by atoms with Gasteiger partial charge < -0.3 is 10.1 Å². The van der Waals surface area contributed by atoms with Crippen LogP contribution in [0, 0.1) is 5.82 Å². The Morgan fingerprint density at radius 2 is 2.11 bits per heavy atom. The molecule has 0 spiro atoms. The minimum absolute atomic E-state index is 0.0370. The molecule has 0 heterocycles. The maximum atomic E-state index is 13.9. The maximum absolute atomic E-state index is 13.9.